The molecule has 1 aromatic rings. The largest absolute Gasteiger partial charge is 0.417 e. The molecule has 0 aromatic carbocycles. The van der Waals surface area contributed by atoms with Gasteiger partial charge in [-0.3, -0.25) is 4.98 Å². The van der Waals surface area contributed by atoms with E-state index >= 15 is 0 Å². The zero-order chi connectivity index (χ0) is 9.90. The fourth-order valence-electron chi connectivity index (χ4n) is 0.831. The van der Waals surface area contributed by atoms with E-state index in [0.717, 1.165) is 12.3 Å². The lowest BCUT2D eigenvalue weighted by Gasteiger charge is -2.05. The quantitative estimate of drug-likeness (QED) is 0.673. The summed E-state index contributed by atoms with van der Waals surface area (Å²) in [7, 11) is 0. The van der Waals surface area contributed by atoms with Crippen molar-refractivity contribution >= 4 is 0 Å². The van der Waals surface area contributed by atoms with Crippen molar-refractivity contribution in [2.75, 3.05) is 0 Å². The number of rotatable bonds is 1. The van der Waals surface area contributed by atoms with Crippen LogP contribution in [0.1, 0.15) is 11.1 Å². The molecule has 1 rings (SSSR count). The van der Waals surface area contributed by atoms with Gasteiger partial charge in [-0.1, -0.05) is 0 Å². The summed E-state index contributed by atoms with van der Waals surface area (Å²) < 4.78 is 36.3. The molecule has 0 aliphatic carbocycles. The van der Waals surface area contributed by atoms with Gasteiger partial charge in [0, 0.05) is 12.4 Å². The monoisotopic (exact) mass is 186 g/mol. The van der Waals surface area contributed by atoms with Crippen LogP contribution in [-0.4, -0.2) is 4.98 Å². The highest BCUT2D eigenvalue weighted by molar-refractivity contribution is 5.22. The highest BCUT2D eigenvalue weighted by atomic mass is 19.4. The SMILES string of the molecule is N#CCc1cncc(C(F)(F)F)c1. The van der Waals surface area contributed by atoms with Crippen LogP contribution in [-0.2, 0) is 12.6 Å². The minimum Gasteiger partial charge on any atom is -0.264 e. The summed E-state index contributed by atoms with van der Waals surface area (Å²) in [6, 6.07) is 2.68. The van der Waals surface area contributed by atoms with Gasteiger partial charge in [0.2, 0.25) is 0 Å². The third kappa shape index (κ3) is 2.44. The van der Waals surface area contributed by atoms with Crippen LogP contribution in [0.2, 0.25) is 0 Å². The molecule has 5 heteroatoms. The molecular formula is C8H5F3N2. The van der Waals surface area contributed by atoms with E-state index in [4.69, 9.17) is 5.26 Å². The van der Waals surface area contributed by atoms with Crippen molar-refractivity contribution in [2.24, 2.45) is 0 Å². The summed E-state index contributed by atoms with van der Waals surface area (Å²) in [5.74, 6) is 0. The summed E-state index contributed by atoms with van der Waals surface area (Å²) in [5, 5.41) is 8.25. The Kier molecular flexibility index (Phi) is 2.52. The van der Waals surface area contributed by atoms with Crippen molar-refractivity contribution in [1.29, 1.82) is 5.26 Å². The number of pyridine rings is 1. The van der Waals surface area contributed by atoms with Gasteiger partial charge in [0.05, 0.1) is 18.1 Å². The standard InChI is InChI=1S/C8H5F3N2/c9-8(10,11)7-3-6(1-2-12)4-13-5-7/h3-5H,1H2. The summed E-state index contributed by atoms with van der Waals surface area (Å²) in [4.78, 5) is 3.40. The van der Waals surface area contributed by atoms with Crippen molar-refractivity contribution in [3.63, 3.8) is 0 Å². The number of nitrogens with zero attached hydrogens (tertiary/aromatic N) is 2. The zero-order valence-electron chi connectivity index (χ0n) is 6.47. The van der Waals surface area contributed by atoms with Gasteiger partial charge in [0.25, 0.3) is 0 Å². The molecule has 0 unspecified atom stereocenters. The Balaban J connectivity index is 3.00. The Labute approximate surface area is 72.6 Å². The van der Waals surface area contributed by atoms with Crippen LogP contribution in [0.15, 0.2) is 18.5 Å². The van der Waals surface area contributed by atoms with Crippen molar-refractivity contribution in [2.45, 2.75) is 12.6 Å². The van der Waals surface area contributed by atoms with E-state index in [1.54, 1.807) is 6.07 Å². The lowest BCUT2D eigenvalue weighted by molar-refractivity contribution is -0.137. The smallest absolute Gasteiger partial charge is 0.264 e. The molecule has 1 aromatic heterocycles. The summed E-state index contributed by atoms with van der Waals surface area (Å²) >= 11 is 0. The second-order valence-electron chi connectivity index (χ2n) is 2.41. The van der Waals surface area contributed by atoms with Crippen LogP contribution >= 0.6 is 0 Å². The maximum absolute atomic E-state index is 12.1. The molecule has 0 bridgehead atoms. The van der Waals surface area contributed by atoms with Gasteiger partial charge in [0.1, 0.15) is 0 Å². The first-order chi connectivity index (χ1) is 6.04. The van der Waals surface area contributed by atoms with Gasteiger partial charge in [-0.25, -0.2) is 0 Å². The highest BCUT2D eigenvalue weighted by Crippen LogP contribution is 2.28. The molecule has 0 N–H and O–H groups in total. The lowest BCUT2D eigenvalue weighted by atomic mass is 10.1. The van der Waals surface area contributed by atoms with Gasteiger partial charge in [-0.15, -0.1) is 0 Å². The molecule has 0 fully saturated rings. The Morgan fingerprint density at radius 1 is 1.38 bits per heavy atom. The number of aromatic nitrogens is 1. The molecule has 68 valence electrons. The molecule has 0 saturated heterocycles. The average molecular weight is 186 g/mol. The molecule has 0 atom stereocenters. The van der Waals surface area contributed by atoms with Crippen molar-refractivity contribution in [3.8, 4) is 6.07 Å². The molecule has 2 nitrogen and oxygen atoms in total. The molecular weight excluding hydrogens is 181 g/mol. The second kappa shape index (κ2) is 3.44. The number of halogens is 3. The maximum Gasteiger partial charge on any atom is 0.417 e. The Morgan fingerprint density at radius 3 is 2.62 bits per heavy atom. The third-order valence-corrected chi connectivity index (χ3v) is 1.41. The third-order valence-electron chi connectivity index (χ3n) is 1.41. The number of alkyl halides is 3. The average Bonchev–Trinajstić information content (AvgIpc) is 2.04. The second-order valence-corrected chi connectivity index (χ2v) is 2.41. The number of hydrogen-bond donors (Lipinski definition) is 0. The van der Waals surface area contributed by atoms with E-state index < -0.39 is 11.7 Å². The minimum absolute atomic E-state index is 0.0586. The first-order valence-electron chi connectivity index (χ1n) is 3.42. The number of hydrogen-bond acceptors (Lipinski definition) is 2. The fourth-order valence-corrected chi connectivity index (χ4v) is 0.831. The predicted molar refractivity (Wildman–Crippen MR) is 38.6 cm³/mol. The normalized spacial score (nSPS) is 10.9. The van der Waals surface area contributed by atoms with Gasteiger partial charge < -0.3 is 0 Å². The minimum atomic E-state index is -4.39. The van der Waals surface area contributed by atoms with E-state index in [2.05, 4.69) is 4.98 Å². The molecule has 0 aliphatic rings. The maximum atomic E-state index is 12.1. The van der Waals surface area contributed by atoms with Crippen LogP contribution in [0, 0.1) is 11.3 Å². The van der Waals surface area contributed by atoms with Crippen LogP contribution in [0.5, 0.6) is 0 Å². The molecule has 0 amide bonds. The van der Waals surface area contributed by atoms with E-state index in [9.17, 15) is 13.2 Å². The van der Waals surface area contributed by atoms with Crippen LogP contribution in [0.3, 0.4) is 0 Å². The van der Waals surface area contributed by atoms with Gasteiger partial charge in [-0.2, -0.15) is 18.4 Å². The Morgan fingerprint density at radius 2 is 2.08 bits per heavy atom. The Bertz CT molecular complexity index is 338. The van der Waals surface area contributed by atoms with E-state index in [1.807, 2.05) is 0 Å². The molecule has 0 radical (unpaired) electrons. The van der Waals surface area contributed by atoms with Gasteiger partial charge in [-0.05, 0) is 11.6 Å². The van der Waals surface area contributed by atoms with Crippen LogP contribution < -0.4 is 0 Å². The van der Waals surface area contributed by atoms with E-state index in [0.29, 0.717) is 0 Å². The van der Waals surface area contributed by atoms with Crippen molar-refractivity contribution in [1.82, 2.24) is 4.98 Å². The molecule has 0 aliphatic heterocycles. The van der Waals surface area contributed by atoms with Crippen molar-refractivity contribution < 1.29 is 13.2 Å². The van der Waals surface area contributed by atoms with Gasteiger partial charge >= 0.3 is 6.18 Å². The van der Waals surface area contributed by atoms with Gasteiger partial charge in [0.15, 0.2) is 0 Å². The fraction of sp³-hybridized carbons (Fsp3) is 0.250. The van der Waals surface area contributed by atoms with Crippen LogP contribution in [0.25, 0.3) is 0 Å². The van der Waals surface area contributed by atoms with E-state index in [-0.39, 0.29) is 12.0 Å². The first-order valence-corrected chi connectivity index (χ1v) is 3.42. The Hall–Kier alpha value is -1.57. The van der Waals surface area contributed by atoms with E-state index in [1.165, 1.54) is 6.20 Å². The molecule has 1 heterocycles. The topological polar surface area (TPSA) is 36.7 Å². The molecule has 0 saturated carbocycles. The first kappa shape index (κ1) is 9.52. The summed E-state index contributed by atoms with van der Waals surface area (Å²) in [6.45, 7) is 0. The van der Waals surface area contributed by atoms with Crippen molar-refractivity contribution in [3.05, 3.63) is 29.6 Å². The predicted octanol–water partition coefficient (Wildman–Crippen LogP) is 2.17. The number of nitriles is 1. The molecule has 0 spiro atoms. The summed E-state index contributed by atoms with van der Waals surface area (Å²) in [5.41, 5.74) is -0.544. The van der Waals surface area contributed by atoms with Crippen LogP contribution in [0.4, 0.5) is 13.2 Å². The highest BCUT2D eigenvalue weighted by Gasteiger charge is 2.30. The summed E-state index contributed by atoms with van der Waals surface area (Å²) in [6.07, 6.45) is -2.46. The lowest BCUT2D eigenvalue weighted by Crippen LogP contribution is -2.06. The zero-order valence-corrected chi connectivity index (χ0v) is 6.47. The molecule has 13 heavy (non-hydrogen) atoms.